The van der Waals surface area contributed by atoms with Gasteiger partial charge in [0.15, 0.2) is 5.92 Å². The molecule has 142 valence electrons. The van der Waals surface area contributed by atoms with Crippen LogP contribution in [0.4, 0.5) is 0 Å². The summed E-state index contributed by atoms with van der Waals surface area (Å²) in [5.74, 6) is -0.134. The van der Waals surface area contributed by atoms with Gasteiger partial charge in [-0.2, -0.15) is 5.26 Å². The average molecular weight is 365 g/mol. The van der Waals surface area contributed by atoms with Gasteiger partial charge in [-0.1, -0.05) is 49.6 Å². The maximum absolute atomic E-state index is 12.6. The number of piperazine rings is 1. The maximum Gasteiger partial charge on any atom is 0.246 e. The van der Waals surface area contributed by atoms with Crippen molar-refractivity contribution in [1.82, 2.24) is 15.1 Å². The van der Waals surface area contributed by atoms with Crippen LogP contribution in [0, 0.1) is 17.2 Å². The second-order valence-corrected chi connectivity index (χ2v) is 7.90. The van der Waals surface area contributed by atoms with Gasteiger partial charge in [-0.25, -0.2) is 4.99 Å². The normalized spacial score (nSPS) is 25.6. The van der Waals surface area contributed by atoms with E-state index in [9.17, 15) is 10.1 Å². The maximum atomic E-state index is 12.6. The lowest BCUT2D eigenvalue weighted by atomic mass is 9.72. The lowest BCUT2D eigenvalue weighted by molar-refractivity contribution is -0.125. The number of nitrogens with one attached hydrogen (secondary N) is 1. The number of rotatable bonds is 2. The van der Waals surface area contributed by atoms with E-state index >= 15 is 0 Å². The zero-order valence-electron chi connectivity index (χ0n) is 15.7. The molecule has 27 heavy (non-hydrogen) atoms. The third kappa shape index (κ3) is 3.70. The number of nitrogens with zero attached hydrogens (tertiary/aromatic N) is 4. The molecule has 1 aromatic rings. The number of hydrogen-bond donors (Lipinski definition) is 1. The lowest BCUT2D eigenvalue weighted by Gasteiger charge is -2.43. The van der Waals surface area contributed by atoms with Crippen molar-refractivity contribution in [3.05, 3.63) is 35.9 Å². The van der Waals surface area contributed by atoms with Crippen LogP contribution in [0.25, 0.3) is 0 Å². The summed E-state index contributed by atoms with van der Waals surface area (Å²) in [6.07, 6.45) is 4.96. The van der Waals surface area contributed by atoms with Crippen LogP contribution in [0.2, 0.25) is 0 Å². The van der Waals surface area contributed by atoms with Crippen LogP contribution in [0.1, 0.15) is 37.7 Å². The second kappa shape index (κ2) is 7.69. The Labute approximate surface area is 160 Å². The van der Waals surface area contributed by atoms with Crippen molar-refractivity contribution in [3.8, 4) is 6.07 Å². The van der Waals surface area contributed by atoms with Gasteiger partial charge < -0.3 is 4.90 Å². The predicted molar refractivity (Wildman–Crippen MR) is 104 cm³/mol. The van der Waals surface area contributed by atoms with Gasteiger partial charge in [0, 0.05) is 32.7 Å². The van der Waals surface area contributed by atoms with E-state index in [1.165, 1.54) is 12.0 Å². The lowest BCUT2D eigenvalue weighted by Crippen LogP contribution is -2.60. The van der Waals surface area contributed by atoms with Crippen LogP contribution in [0.15, 0.2) is 35.3 Å². The molecule has 0 unspecified atom stereocenters. The number of hydrogen-bond acceptors (Lipinski definition) is 5. The van der Waals surface area contributed by atoms with Gasteiger partial charge in [0.05, 0.1) is 11.6 Å². The first kappa shape index (κ1) is 18.0. The molecule has 6 nitrogen and oxygen atoms in total. The number of benzene rings is 1. The van der Waals surface area contributed by atoms with E-state index in [1.807, 2.05) is 6.07 Å². The van der Waals surface area contributed by atoms with Crippen molar-refractivity contribution in [1.29, 1.82) is 5.26 Å². The van der Waals surface area contributed by atoms with Gasteiger partial charge in [0.1, 0.15) is 0 Å². The summed E-state index contributed by atoms with van der Waals surface area (Å²) >= 11 is 0. The summed E-state index contributed by atoms with van der Waals surface area (Å²) < 4.78 is 0. The molecule has 0 aromatic heterocycles. The molecule has 1 aliphatic carbocycles. The number of guanidine groups is 1. The monoisotopic (exact) mass is 365 g/mol. The standard InChI is InChI=1S/C21H27N5O/c22-15-18-19(27)23-20(24-21(18)9-5-2-6-10-21)26-13-11-25(12-14-26)16-17-7-3-1-4-8-17/h1,3-4,7-8,18H,2,5-6,9-14,16H2,(H,23,24,27)/t18-/m1/s1. The van der Waals surface area contributed by atoms with E-state index in [0.717, 1.165) is 58.4 Å². The van der Waals surface area contributed by atoms with Crippen LogP contribution < -0.4 is 5.32 Å². The van der Waals surface area contributed by atoms with E-state index in [4.69, 9.17) is 4.99 Å². The molecule has 4 rings (SSSR count). The van der Waals surface area contributed by atoms with Crippen molar-refractivity contribution >= 4 is 11.9 Å². The van der Waals surface area contributed by atoms with Crippen LogP contribution >= 0.6 is 0 Å². The average Bonchev–Trinajstić information content (AvgIpc) is 2.70. The molecule has 1 aromatic carbocycles. The first-order chi connectivity index (χ1) is 13.2. The number of carbonyl (C=O) groups excluding carboxylic acids is 1. The summed E-state index contributed by atoms with van der Waals surface area (Å²) in [5.41, 5.74) is 0.818. The number of aliphatic imine (C=N–C) groups is 1. The highest BCUT2D eigenvalue weighted by atomic mass is 16.2. The fourth-order valence-corrected chi connectivity index (χ4v) is 4.58. The third-order valence-electron chi connectivity index (χ3n) is 6.13. The molecule has 6 heteroatoms. The Balaban J connectivity index is 1.44. The largest absolute Gasteiger partial charge is 0.340 e. The SMILES string of the molecule is N#C[C@@H]1C(=O)NC(N2CCN(Cc3ccccc3)CC2)=NC12CCCCC2. The first-order valence-corrected chi connectivity index (χ1v) is 10.0. The smallest absolute Gasteiger partial charge is 0.246 e. The molecule has 1 spiro atoms. The number of nitriles is 1. The van der Waals surface area contributed by atoms with Crippen molar-refractivity contribution in [2.75, 3.05) is 26.2 Å². The van der Waals surface area contributed by atoms with Crippen LogP contribution in [0.3, 0.4) is 0 Å². The molecule has 0 bridgehead atoms. The highest BCUT2D eigenvalue weighted by Gasteiger charge is 2.48. The molecule has 1 saturated heterocycles. The van der Waals surface area contributed by atoms with Crippen LogP contribution in [-0.2, 0) is 11.3 Å². The molecule has 3 aliphatic rings. The summed E-state index contributed by atoms with van der Waals surface area (Å²) in [6, 6.07) is 12.7. The van der Waals surface area contributed by atoms with Gasteiger partial charge in [-0.05, 0) is 18.4 Å². The molecular formula is C21H27N5O. The van der Waals surface area contributed by atoms with E-state index in [1.54, 1.807) is 0 Å². The summed E-state index contributed by atoms with van der Waals surface area (Å²) in [5, 5.41) is 12.5. The van der Waals surface area contributed by atoms with Gasteiger partial charge in [-0.3, -0.25) is 15.0 Å². The third-order valence-corrected chi connectivity index (χ3v) is 6.13. The van der Waals surface area contributed by atoms with E-state index in [2.05, 4.69) is 45.5 Å². The van der Waals surface area contributed by atoms with Gasteiger partial charge in [-0.15, -0.1) is 0 Å². The Hall–Kier alpha value is -2.39. The minimum absolute atomic E-state index is 0.170. The molecular weight excluding hydrogens is 338 g/mol. The molecule has 1 atom stereocenters. The number of carbonyl (C=O) groups is 1. The van der Waals surface area contributed by atoms with Crippen molar-refractivity contribution in [3.63, 3.8) is 0 Å². The quantitative estimate of drug-likeness (QED) is 0.872. The summed E-state index contributed by atoms with van der Waals surface area (Å²) in [4.78, 5) is 22.2. The molecule has 2 fully saturated rings. The van der Waals surface area contributed by atoms with Crippen molar-refractivity contribution in [2.24, 2.45) is 10.9 Å². The van der Waals surface area contributed by atoms with Crippen LogP contribution in [-0.4, -0.2) is 53.4 Å². The Morgan fingerprint density at radius 2 is 1.81 bits per heavy atom. The fraction of sp³-hybridized carbons (Fsp3) is 0.571. The van der Waals surface area contributed by atoms with Crippen molar-refractivity contribution < 1.29 is 4.79 Å². The zero-order chi connectivity index (χ0) is 18.7. The summed E-state index contributed by atoms with van der Waals surface area (Å²) in [6.45, 7) is 4.53. The molecule has 1 saturated carbocycles. The fourth-order valence-electron chi connectivity index (χ4n) is 4.58. The predicted octanol–water partition coefficient (Wildman–Crippen LogP) is 2.13. The van der Waals surface area contributed by atoms with Crippen LogP contribution in [0.5, 0.6) is 0 Å². The van der Waals surface area contributed by atoms with Crippen molar-refractivity contribution in [2.45, 2.75) is 44.2 Å². The zero-order valence-corrected chi connectivity index (χ0v) is 15.7. The molecule has 1 amide bonds. The van der Waals surface area contributed by atoms with Gasteiger partial charge in [0.2, 0.25) is 11.9 Å². The second-order valence-electron chi connectivity index (χ2n) is 7.90. The Morgan fingerprint density at radius 1 is 1.11 bits per heavy atom. The molecule has 2 heterocycles. The first-order valence-electron chi connectivity index (χ1n) is 10.0. The van der Waals surface area contributed by atoms with E-state index < -0.39 is 11.5 Å². The van der Waals surface area contributed by atoms with Gasteiger partial charge >= 0.3 is 0 Å². The molecule has 2 aliphatic heterocycles. The Morgan fingerprint density at radius 3 is 2.48 bits per heavy atom. The minimum Gasteiger partial charge on any atom is -0.340 e. The molecule has 1 N–H and O–H groups in total. The molecule has 0 radical (unpaired) electrons. The Kier molecular flexibility index (Phi) is 5.13. The number of amides is 1. The van der Waals surface area contributed by atoms with E-state index in [-0.39, 0.29) is 5.91 Å². The topological polar surface area (TPSA) is 71.7 Å². The summed E-state index contributed by atoms with van der Waals surface area (Å²) in [7, 11) is 0. The minimum atomic E-state index is -0.652. The van der Waals surface area contributed by atoms with Gasteiger partial charge in [0.25, 0.3) is 0 Å². The highest BCUT2D eigenvalue weighted by Crippen LogP contribution is 2.39. The Bertz CT molecular complexity index is 740. The van der Waals surface area contributed by atoms with E-state index in [0.29, 0.717) is 5.96 Å². The highest BCUT2D eigenvalue weighted by molar-refractivity contribution is 6.02.